The normalized spacial score (nSPS) is 17.1. The van der Waals surface area contributed by atoms with Gasteiger partial charge in [-0.25, -0.2) is 0 Å². The molecule has 2 aromatic carbocycles. The molecule has 7 heteroatoms. The molecule has 0 saturated carbocycles. The summed E-state index contributed by atoms with van der Waals surface area (Å²) < 4.78 is 0. The smallest absolute Gasteiger partial charge is 0.251 e. The summed E-state index contributed by atoms with van der Waals surface area (Å²) >= 11 is 0. The van der Waals surface area contributed by atoms with E-state index in [0.717, 1.165) is 16.5 Å². The second-order valence-electron chi connectivity index (χ2n) is 9.25. The van der Waals surface area contributed by atoms with Crippen molar-refractivity contribution in [1.82, 2.24) is 20.5 Å². The number of hydrogen-bond donors (Lipinski definition) is 2. The number of carbonyl (C=O) groups excluding carboxylic acids is 3. The largest absolute Gasteiger partial charge is 0.343 e. The standard InChI is InChI=1S/C27H30N4O3/c1-18(2)13-23(29-26(33)21-10-11-22-20(14-21)9-6-12-28-22)27(34)30-24-16-31(17-25(24)32)15-19-7-4-3-5-8-19/h3-12,14,18,23-24H,13,15-17H2,1-2H3,(H,29,33)(H,30,34)/t23-,24?/m0/s1. The lowest BCUT2D eigenvalue weighted by Crippen LogP contribution is -2.52. The highest BCUT2D eigenvalue weighted by Crippen LogP contribution is 2.15. The van der Waals surface area contributed by atoms with Crippen molar-refractivity contribution in [3.05, 3.63) is 78.0 Å². The van der Waals surface area contributed by atoms with Crippen LogP contribution in [-0.2, 0) is 16.1 Å². The van der Waals surface area contributed by atoms with Crippen LogP contribution < -0.4 is 10.6 Å². The van der Waals surface area contributed by atoms with Crippen LogP contribution in [0.15, 0.2) is 66.9 Å². The van der Waals surface area contributed by atoms with E-state index in [1.165, 1.54) is 0 Å². The van der Waals surface area contributed by atoms with Crippen LogP contribution >= 0.6 is 0 Å². The van der Waals surface area contributed by atoms with E-state index < -0.39 is 12.1 Å². The van der Waals surface area contributed by atoms with Crippen LogP contribution in [-0.4, -0.2) is 52.7 Å². The van der Waals surface area contributed by atoms with Crippen molar-refractivity contribution in [2.75, 3.05) is 13.1 Å². The number of ketones is 1. The Hall–Kier alpha value is -3.58. The summed E-state index contributed by atoms with van der Waals surface area (Å²) in [5.41, 5.74) is 2.39. The molecular formula is C27H30N4O3. The number of fused-ring (bicyclic) bond motifs is 1. The van der Waals surface area contributed by atoms with Gasteiger partial charge in [0.05, 0.1) is 12.1 Å². The zero-order valence-electron chi connectivity index (χ0n) is 19.5. The van der Waals surface area contributed by atoms with E-state index in [4.69, 9.17) is 0 Å². The fourth-order valence-corrected chi connectivity index (χ4v) is 4.28. The molecule has 3 aromatic rings. The minimum absolute atomic E-state index is 0.0130. The summed E-state index contributed by atoms with van der Waals surface area (Å²) in [5.74, 6) is -0.480. The Balaban J connectivity index is 1.40. The van der Waals surface area contributed by atoms with Crippen molar-refractivity contribution in [3.63, 3.8) is 0 Å². The molecule has 1 aliphatic rings. The molecule has 2 N–H and O–H groups in total. The summed E-state index contributed by atoms with van der Waals surface area (Å²) in [4.78, 5) is 45.0. The SMILES string of the molecule is CC(C)C[C@H](NC(=O)c1ccc2ncccc2c1)C(=O)NC1CN(Cc2ccccc2)CC1=O. The number of benzene rings is 2. The maximum atomic E-state index is 13.1. The van der Waals surface area contributed by atoms with E-state index in [-0.39, 0.29) is 23.5 Å². The van der Waals surface area contributed by atoms with Crippen LogP contribution in [0.5, 0.6) is 0 Å². The minimum Gasteiger partial charge on any atom is -0.343 e. The van der Waals surface area contributed by atoms with E-state index in [9.17, 15) is 14.4 Å². The Morgan fingerprint density at radius 2 is 1.88 bits per heavy atom. The molecule has 1 aliphatic heterocycles. The van der Waals surface area contributed by atoms with Crippen LogP contribution in [0.1, 0.15) is 36.2 Å². The third-order valence-electron chi connectivity index (χ3n) is 5.97. The Morgan fingerprint density at radius 3 is 2.65 bits per heavy atom. The van der Waals surface area contributed by atoms with Gasteiger partial charge < -0.3 is 10.6 Å². The van der Waals surface area contributed by atoms with Crippen LogP contribution in [0, 0.1) is 5.92 Å². The van der Waals surface area contributed by atoms with Crippen molar-refractivity contribution < 1.29 is 14.4 Å². The lowest BCUT2D eigenvalue weighted by molar-refractivity contribution is -0.127. The van der Waals surface area contributed by atoms with Gasteiger partial charge in [0.1, 0.15) is 12.1 Å². The summed E-state index contributed by atoms with van der Waals surface area (Å²) in [6.45, 7) is 5.40. The van der Waals surface area contributed by atoms with Gasteiger partial charge in [-0.3, -0.25) is 24.3 Å². The van der Waals surface area contributed by atoms with Gasteiger partial charge in [0.2, 0.25) is 5.91 Å². The molecule has 1 saturated heterocycles. The first-order valence-electron chi connectivity index (χ1n) is 11.6. The number of aromatic nitrogens is 1. The lowest BCUT2D eigenvalue weighted by atomic mass is 10.0. The Morgan fingerprint density at radius 1 is 1.09 bits per heavy atom. The third kappa shape index (κ3) is 5.85. The van der Waals surface area contributed by atoms with Gasteiger partial charge in [-0.05, 0) is 42.2 Å². The van der Waals surface area contributed by atoms with E-state index >= 15 is 0 Å². The predicted octanol–water partition coefficient (Wildman–Crippen LogP) is 2.95. The van der Waals surface area contributed by atoms with E-state index in [0.29, 0.717) is 31.6 Å². The number of amides is 2. The maximum absolute atomic E-state index is 13.1. The summed E-state index contributed by atoms with van der Waals surface area (Å²) in [6.07, 6.45) is 2.18. The average Bonchev–Trinajstić information content (AvgIpc) is 3.16. The van der Waals surface area contributed by atoms with Gasteiger partial charge in [-0.2, -0.15) is 0 Å². The van der Waals surface area contributed by atoms with Crippen LogP contribution in [0.3, 0.4) is 0 Å². The quantitative estimate of drug-likeness (QED) is 0.542. The predicted molar refractivity (Wildman–Crippen MR) is 131 cm³/mol. The third-order valence-corrected chi connectivity index (χ3v) is 5.97. The molecule has 4 rings (SSSR count). The van der Waals surface area contributed by atoms with Gasteiger partial charge >= 0.3 is 0 Å². The molecule has 1 unspecified atom stereocenters. The van der Waals surface area contributed by atoms with Crippen molar-refractivity contribution in [2.24, 2.45) is 5.92 Å². The summed E-state index contributed by atoms with van der Waals surface area (Å²) in [5, 5.41) is 6.61. The highest BCUT2D eigenvalue weighted by Gasteiger charge is 2.34. The number of hydrogen-bond acceptors (Lipinski definition) is 5. The van der Waals surface area contributed by atoms with Crippen LogP contribution in [0.25, 0.3) is 10.9 Å². The van der Waals surface area contributed by atoms with Crippen molar-refractivity contribution in [3.8, 4) is 0 Å². The van der Waals surface area contributed by atoms with Gasteiger partial charge in [-0.1, -0.05) is 50.2 Å². The van der Waals surface area contributed by atoms with E-state index in [1.54, 1.807) is 24.4 Å². The fourth-order valence-electron chi connectivity index (χ4n) is 4.28. The fraction of sp³-hybridized carbons (Fsp3) is 0.333. The molecule has 7 nitrogen and oxygen atoms in total. The monoisotopic (exact) mass is 458 g/mol. The second-order valence-corrected chi connectivity index (χ2v) is 9.25. The minimum atomic E-state index is -0.729. The molecular weight excluding hydrogens is 428 g/mol. The maximum Gasteiger partial charge on any atom is 0.251 e. The van der Waals surface area contributed by atoms with Gasteiger partial charge in [0.25, 0.3) is 5.91 Å². The van der Waals surface area contributed by atoms with Gasteiger partial charge in [0, 0.05) is 30.2 Å². The lowest BCUT2D eigenvalue weighted by Gasteiger charge is -2.22. The first-order chi connectivity index (χ1) is 16.4. The molecule has 0 radical (unpaired) electrons. The highest BCUT2D eigenvalue weighted by molar-refractivity contribution is 6.01. The van der Waals surface area contributed by atoms with Gasteiger partial charge in [-0.15, -0.1) is 0 Å². The Bertz CT molecular complexity index is 1180. The molecule has 34 heavy (non-hydrogen) atoms. The van der Waals surface area contributed by atoms with Crippen molar-refractivity contribution >= 4 is 28.5 Å². The molecule has 0 aliphatic carbocycles. The molecule has 2 heterocycles. The molecule has 1 aromatic heterocycles. The molecule has 1 fully saturated rings. The number of rotatable bonds is 8. The molecule has 2 atom stereocenters. The topological polar surface area (TPSA) is 91.4 Å². The Labute approximate surface area is 199 Å². The second kappa shape index (κ2) is 10.6. The number of nitrogens with one attached hydrogen (secondary N) is 2. The number of pyridine rings is 1. The molecule has 176 valence electrons. The van der Waals surface area contributed by atoms with Crippen molar-refractivity contribution in [1.29, 1.82) is 0 Å². The first kappa shape index (κ1) is 23.6. The van der Waals surface area contributed by atoms with E-state index in [1.807, 2.05) is 61.2 Å². The zero-order valence-corrected chi connectivity index (χ0v) is 19.5. The summed E-state index contributed by atoms with van der Waals surface area (Å²) in [7, 11) is 0. The van der Waals surface area contributed by atoms with Gasteiger partial charge in [0.15, 0.2) is 5.78 Å². The molecule has 0 spiro atoms. The van der Waals surface area contributed by atoms with Crippen LogP contribution in [0.4, 0.5) is 0 Å². The molecule has 0 bridgehead atoms. The van der Waals surface area contributed by atoms with Crippen LogP contribution in [0.2, 0.25) is 0 Å². The average molecular weight is 459 g/mol. The number of carbonyl (C=O) groups is 3. The highest BCUT2D eigenvalue weighted by atomic mass is 16.2. The van der Waals surface area contributed by atoms with E-state index in [2.05, 4.69) is 15.6 Å². The number of Topliss-reactive ketones (excluding diaryl/α,β-unsaturated/α-hetero) is 1. The number of likely N-dealkylation sites (tertiary alicyclic amines) is 1. The Kier molecular flexibility index (Phi) is 7.33. The van der Waals surface area contributed by atoms with Crippen molar-refractivity contribution in [2.45, 2.75) is 38.9 Å². The summed E-state index contributed by atoms with van der Waals surface area (Å²) in [6, 6.07) is 17.6. The molecule has 2 amide bonds. The number of nitrogens with zero attached hydrogens (tertiary/aromatic N) is 2. The first-order valence-corrected chi connectivity index (χ1v) is 11.6. The zero-order chi connectivity index (χ0) is 24.1.